The van der Waals surface area contributed by atoms with Crippen LogP contribution in [0.3, 0.4) is 0 Å². The van der Waals surface area contributed by atoms with Gasteiger partial charge in [-0.1, -0.05) is 24.8 Å². The van der Waals surface area contributed by atoms with E-state index in [0.29, 0.717) is 17.0 Å². The molecule has 1 saturated heterocycles. The summed E-state index contributed by atoms with van der Waals surface area (Å²) >= 11 is 0. The molecule has 1 aliphatic heterocycles. The lowest BCUT2D eigenvalue weighted by molar-refractivity contribution is 0.577. The number of halogens is 1. The first kappa shape index (κ1) is 22.9. The van der Waals surface area contributed by atoms with Crippen molar-refractivity contribution in [2.75, 3.05) is 23.3 Å². The van der Waals surface area contributed by atoms with Gasteiger partial charge in [-0.05, 0) is 67.3 Å². The highest BCUT2D eigenvalue weighted by Gasteiger charge is 2.14. The molecule has 0 spiro atoms. The molecule has 6 nitrogen and oxygen atoms in total. The first-order chi connectivity index (χ1) is 18.2. The van der Waals surface area contributed by atoms with Gasteiger partial charge in [-0.3, -0.25) is 15.1 Å². The van der Waals surface area contributed by atoms with E-state index >= 15 is 0 Å². The third-order valence-electron chi connectivity index (χ3n) is 6.84. The Morgan fingerprint density at radius 1 is 0.919 bits per heavy atom. The predicted molar refractivity (Wildman–Crippen MR) is 148 cm³/mol. The molecule has 37 heavy (non-hydrogen) atoms. The number of benzene rings is 2. The Morgan fingerprint density at radius 2 is 1.78 bits per heavy atom. The van der Waals surface area contributed by atoms with Gasteiger partial charge >= 0.3 is 0 Å². The summed E-state index contributed by atoms with van der Waals surface area (Å²) < 4.78 is 14.1. The molecule has 5 aromatic rings. The number of fused-ring (bicyclic) bond motifs is 1. The largest absolute Gasteiger partial charge is 0.370 e. The van der Waals surface area contributed by atoms with Crippen LogP contribution < -0.4 is 10.2 Å². The Balaban J connectivity index is 1.24. The Morgan fingerprint density at radius 3 is 2.59 bits per heavy atom. The van der Waals surface area contributed by atoms with E-state index in [9.17, 15) is 4.39 Å². The fourth-order valence-electron chi connectivity index (χ4n) is 4.86. The molecule has 0 bridgehead atoms. The number of nitrogens with zero attached hydrogens (tertiary/aromatic N) is 4. The predicted octanol–water partition coefficient (Wildman–Crippen LogP) is 6.90. The number of piperidine rings is 1. The van der Waals surface area contributed by atoms with Gasteiger partial charge in [0.05, 0.1) is 40.7 Å². The average Bonchev–Trinajstić information content (AvgIpc) is 3.38. The third-order valence-corrected chi connectivity index (χ3v) is 6.84. The normalized spacial score (nSPS) is 13.6. The first-order valence-electron chi connectivity index (χ1n) is 12.5. The number of nitrogens with one attached hydrogen (secondary N) is 2. The third kappa shape index (κ3) is 4.68. The van der Waals surface area contributed by atoms with Crippen molar-refractivity contribution in [3.8, 4) is 22.4 Å². The van der Waals surface area contributed by atoms with E-state index < -0.39 is 0 Å². The zero-order chi connectivity index (χ0) is 25.2. The van der Waals surface area contributed by atoms with E-state index in [1.54, 1.807) is 30.5 Å². The molecule has 0 aliphatic carbocycles. The number of aromatic nitrogens is 4. The second-order valence-corrected chi connectivity index (χ2v) is 9.33. The smallest absolute Gasteiger partial charge is 0.132 e. The zero-order valence-corrected chi connectivity index (χ0v) is 20.4. The van der Waals surface area contributed by atoms with Crippen molar-refractivity contribution in [2.24, 2.45) is 0 Å². The van der Waals surface area contributed by atoms with Crippen molar-refractivity contribution < 1.29 is 4.39 Å². The van der Waals surface area contributed by atoms with Crippen molar-refractivity contribution >= 4 is 28.0 Å². The van der Waals surface area contributed by atoms with E-state index in [4.69, 9.17) is 0 Å². The summed E-state index contributed by atoms with van der Waals surface area (Å²) in [5.41, 5.74) is 7.41. The maximum Gasteiger partial charge on any atom is 0.132 e. The Labute approximate surface area is 214 Å². The quantitative estimate of drug-likeness (QED) is 0.271. The number of pyridine rings is 2. The van der Waals surface area contributed by atoms with Gasteiger partial charge in [0.2, 0.25) is 0 Å². The SMILES string of the molecule is C=C(Nc1ccc(-c2ccccc2F)nc1)c1n[nH]c2ccc(-c3cncc(N4CCCCC4)c3)cc12. The Kier molecular flexibility index (Phi) is 6.10. The van der Waals surface area contributed by atoms with Crippen molar-refractivity contribution in [2.45, 2.75) is 19.3 Å². The summed E-state index contributed by atoms with van der Waals surface area (Å²) in [6.07, 6.45) is 9.28. The molecule has 6 rings (SSSR count). The van der Waals surface area contributed by atoms with Crippen molar-refractivity contribution in [1.29, 1.82) is 0 Å². The molecule has 0 unspecified atom stereocenters. The van der Waals surface area contributed by atoms with Crippen LogP contribution >= 0.6 is 0 Å². The Bertz CT molecular complexity index is 1570. The second-order valence-electron chi connectivity index (χ2n) is 9.33. The molecular formula is C30H27FN6. The van der Waals surface area contributed by atoms with Crippen LogP contribution in [0.15, 0.2) is 85.8 Å². The van der Waals surface area contributed by atoms with Gasteiger partial charge in [0.15, 0.2) is 0 Å². The first-order valence-corrected chi connectivity index (χ1v) is 12.5. The number of H-pyrrole nitrogens is 1. The minimum atomic E-state index is -0.296. The van der Waals surface area contributed by atoms with Gasteiger partial charge in [-0.2, -0.15) is 5.10 Å². The lowest BCUT2D eigenvalue weighted by Gasteiger charge is -2.28. The summed E-state index contributed by atoms with van der Waals surface area (Å²) in [5.74, 6) is -0.296. The summed E-state index contributed by atoms with van der Waals surface area (Å²) in [6.45, 7) is 6.38. The fourth-order valence-corrected chi connectivity index (χ4v) is 4.86. The monoisotopic (exact) mass is 490 g/mol. The van der Waals surface area contributed by atoms with Crippen LogP contribution in [-0.2, 0) is 0 Å². The maximum absolute atomic E-state index is 14.1. The summed E-state index contributed by atoms with van der Waals surface area (Å²) in [7, 11) is 0. The molecule has 184 valence electrons. The summed E-state index contributed by atoms with van der Waals surface area (Å²) in [6, 6.07) is 18.7. The van der Waals surface area contributed by atoms with E-state index in [1.165, 1.54) is 31.0 Å². The molecule has 1 aliphatic rings. The van der Waals surface area contributed by atoms with Crippen LogP contribution in [0, 0.1) is 5.82 Å². The number of hydrogen-bond donors (Lipinski definition) is 2. The van der Waals surface area contributed by atoms with Crippen molar-refractivity contribution in [3.05, 3.63) is 97.3 Å². The zero-order valence-electron chi connectivity index (χ0n) is 20.4. The number of rotatable bonds is 6. The molecule has 4 heterocycles. The number of anilines is 2. The highest BCUT2D eigenvalue weighted by molar-refractivity contribution is 5.95. The molecule has 3 aromatic heterocycles. The van der Waals surface area contributed by atoms with Gasteiger partial charge in [-0.15, -0.1) is 0 Å². The van der Waals surface area contributed by atoms with Crippen LogP contribution in [0.2, 0.25) is 0 Å². The van der Waals surface area contributed by atoms with Gasteiger partial charge in [0, 0.05) is 35.8 Å². The van der Waals surface area contributed by atoms with Gasteiger partial charge in [0.25, 0.3) is 0 Å². The topological polar surface area (TPSA) is 69.7 Å². The molecule has 2 aromatic carbocycles. The summed E-state index contributed by atoms with van der Waals surface area (Å²) in [4.78, 5) is 11.4. The maximum atomic E-state index is 14.1. The summed E-state index contributed by atoms with van der Waals surface area (Å²) in [5, 5.41) is 11.9. The molecule has 0 amide bonds. The van der Waals surface area contributed by atoms with Crippen molar-refractivity contribution in [1.82, 2.24) is 20.2 Å². The van der Waals surface area contributed by atoms with Crippen LogP contribution in [0.5, 0.6) is 0 Å². The number of aromatic amines is 1. The van der Waals surface area contributed by atoms with E-state index in [-0.39, 0.29) is 5.82 Å². The number of hydrogen-bond acceptors (Lipinski definition) is 5. The molecule has 0 saturated carbocycles. The fraction of sp³-hybridized carbons (Fsp3) is 0.167. The van der Waals surface area contributed by atoms with Gasteiger partial charge in [0.1, 0.15) is 11.5 Å². The highest BCUT2D eigenvalue weighted by atomic mass is 19.1. The van der Waals surface area contributed by atoms with E-state index in [0.717, 1.165) is 46.5 Å². The van der Waals surface area contributed by atoms with E-state index in [2.05, 4.69) is 55.2 Å². The molecule has 0 radical (unpaired) electrons. The minimum absolute atomic E-state index is 0.296. The minimum Gasteiger partial charge on any atom is -0.370 e. The lowest BCUT2D eigenvalue weighted by atomic mass is 10.0. The second kappa shape index (κ2) is 9.85. The highest BCUT2D eigenvalue weighted by Crippen LogP contribution is 2.31. The Hall–Kier alpha value is -4.52. The van der Waals surface area contributed by atoms with E-state index in [1.807, 2.05) is 24.5 Å². The van der Waals surface area contributed by atoms with Crippen LogP contribution in [0.1, 0.15) is 25.0 Å². The molecule has 0 atom stereocenters. The van der Waals surface area contributed by atoms with Crippen LogP contribution in [0.4, 0.5) is 15.8 Å². The van der Waals surface area contributed by atoms with Crippen LogP contribution in [0.25, 0.3) is 39.0 Å². The molecule has 7 heteroatoms. The molecule has 2 N–H and O–H groups in total. The molecule has 1 fully saturated rings. The van der Waals surface area contributed by atoms with Gasteiger partial charge < -0.3 is 10.2 Å². The van der Waals surface area contributed by atoms with Gasteiger partial charge in [-0.25, -0.2) is 4.39 Å². The lowest BCUT2D eigenvalue weighted by Crippen LogP contribution is -2.29. The van der Waals surface area contributed by atoms with Crippen molar-refractivity contribution in [3.63, 3.8) is 0 Å². The molecular weight excluding hydrogens is 463 g/mol. The van der Waals surface area contributed by atoms with Crippen LogP contribution in [-0.4, -0.2) is 33.3 Å². The average molecular weight is 491 g/mol. The standard InChI is InChI=1S/C30H27FN6/c1-20(34-23-10-12-28(33-18-23)25-7-3-4-8-27(25)31)30-26-16-21(9-11-29(26)35-36-30)22-15-24(19-32-17-22)37-13-5-2-6-14-37/h3-4,7-12,15-19,34H,1-2,5-6,13-14H2,(H,35,36).